The zero-order chi connectivity index (χ0) is 15.4. The Morgan fingerprint density at radius 1 is 1.00 bits per heavy atom. The van der Waals surface area contributed by atoms with Crippen molar-refractivity contribution in [2.45, 2.75) is 6.17 Å². The van der Waals surface area contributed by atoms with Crippen LogP contribution < -0.4 is 5.32 Å². The lowest BCUT2D eigenvalue weighted by Gasteiger charge is -2.28. The summed E-state index contributed by atoms with van der Waals surface area (Å²) < 4.78 is 8.98. The summed E-state index contributed by atoms with van der Waals surface area (Å²) in [6, 6.07) is 20.5. The number of rotatable bonds is 1. The summed E-state index contributed by atoms with van der Waals surface area (Å²) in [6.07, 6.45) is -0.101. The van der Waals surface area contributed by atoms with Crippen LogP contribution in [0.1, 0.15) is 11.9 Å². The summed E-state index contributed by atoms with van der Waals surface area (Å²) in [6.45, 7) is 0. The molecule has 3 heterocycles. The number of para-hydroxylation sites is 3. The highest BCUT2D eigenvalue weighted by molar-refractivity contribution is 14.1. The molecule has 1 aliphatic rings. The van der Waals surface area contributed by atoms with E-state index in [1.54, 1.807) is 0 Å². The normalized spacial score (nSPS) is 16.0. The zero-order valence-electron chi connectivity index (χ0n) is 12.0. The van der Waals surface area contributed by atoms with Crippen molar-refractivity contribution >= 4 is 39.3 Å². The minimum Gasteiger partial charge on any atom is -0.451 e. The van der Waals surface area contributed by atoms with Crippen molar-refractivity contribution in [3.05, 3.63) is 70.2 Å². The summed E-state index contributed by atoms with van der Waals surface area (Å²) in [7, 11) is 0. The maximum absolute atomic E-state index is 5.89. The molecule has 1 aliphatic heterocycles. The molecule has 112 valence electrons. The van der Waals surface area contributed by atoms with Crippen molar-refractivity contribution in [1.29, 1.82) is 0 Å². The van der Waals surface area contributed by atoms with Crippen LogP contribution >= 0.6 is 22.6 Å². The van der Waals surface area contributed by atoms with Gasteiger partial charge in [-0.05, 0) is 59.0 Å². The number of halogens is 1. The number of hydrogen-bond acceptors (Lipinski definition) is 3. The number of imidazole rings is 1. The van der Waals surface area contributed by atoms with Gasteiger partial charge in [-0.2, -0.15) is 0 Å². The molecule has 0 saturated carbocycles. The zero-order valence-corrected chi connectivity index (χ0v) is 14.2. The van der Waals surface area contributed by atoms with Crippen molar-refractivity contribution in [2.75, 3.05) is 5.32 Å². The third-order valence-corrected chi connectivity index (χ3v) is 4.76. The lowest BCUT2D eigenvalue weighted by Crippen LogP contribution is -2.24. The minimum absolute atomic E-state index is 0.101. The first-order chi connectivity index (χ1) is 11.3. The Hall–Kier alpha value is -2.28. The molecule has 0 aliphatic carbocycles. The van der Waals surface area contributed by atoms with Crippen LogP contribution in [-0.4, -0.2) is 9.55 Å². The van der Waals surface area contributed by atoms with E-state index >= 15 is 0 Å². The third kappa shape index (κ3) is 1.92. The first-order valence-corrected chi connectivity index (χ1v) is 8.47. The molecule has 5 heteroatoms. The maximum Gasteiger partial charge on any atom is 0.165 e. The van der Waals surface area contributed by atoms with Crippen LogP contribution in [0.4, 0.5) is 5.69 Å². The van der Waals surface area contributed by atoms with Crippen LogP contribution in [0.15, 0.2) is 65.1 Å². The Morgan fingerprint density at radius 3 is 2.70 bits per heavy atom. The van der Waals surface area contributed by atoms with E-state index in [0.717, 1.165) is 37.6 Å². The fraction of sp³-hybridized carbons (Fsp3) is 0.0556. The molecule has 1 N–H and O–H groups in total. The first-order valence-electron chi connectivity index (χ1n) is 7.39. The van der Waals surface area contributed by atoms with Crippen LogP contribution in [-0.2, 0) is 0 Å². The van der Waals surface area contributed by atoms with E-state index in [1.807, 2.05) is 42.5 Å². The molecule has 2 aromatic carbocycles. The minimum atomic E-state index is -0.101. The molecule has 4 nitrogen and oxygen atoms in total. The van der Waals surface area contributed by atoms with Gasteiger partial charge in [0.15, 0.2) is 9.93 Å². The molecule has 0 radical (unpaired) electrons. The molecule has 1 atom stereocenters. The summed E-state index contributed by atoms with van der Waals surface area (Å²) in [5, 5.41) is 3.59. The summed E-state index contributed by atoms with van der Waals surface area (Å²) >= 11 is 2.19. The molecule has 0 bridgehead atoms. The highest BCUT2D eigenvalue weighted by atomic mass is 127. The van der Waals surface area contributed by atoms with Crippen LogP contribution in [0.3, 0.4) is 0 Å². The molecule has 0 fully saturated rings. The van der Waals surface area contributed by atoms with E-state index in [0.29, 0.717) is 0 Å². The molecule has 1 unspecified atom stereocenters. The van der Waals surface area contributed by atoms with Gasteiger partial charge in [-0.3, -0.25) is 4.57 Å². The van der Waals surface area contributed by atoms with E-state index in [1.165, 1.54) is 0 Å². The van der Waals surface area contributed by atoms with E-state index in [-0.39, 0.29) is 6.17 Å². The number of nitrogens with zero attached hydrogens (tertiary/aromatic N) is 2. The fourth-order valence-corrected chi connectivity index (χ4v) is 3.62. The van der Waals surface area contributed by atoms with Crippen LogP contribution in [0.25, 0.3) is 22.4 Å². The smallest absolute Gasteiger partial charge is 0.165 e. The Balaban J connectivity index is 1.84. The molecule has 5 rings (SSSR count). The molecular formula is C18H12IN3O. The van der Waals surface area contributed by atoms with Crippen molar-refractivity contribution < 1.29 is 4.42 Å². The van der Waals surface area contributed by atoms with Crippen molar-refractivity contribution in [3.8, 4) is 11.4 Å². The van der Waals surface area contributed by atoms with E-state index in [9.17, 15) is 0 Å². The molecule has 0 saturated heterocycles. The average Bonchev–Trinajstić information content (AvgIpc) is 3.18. The molecule has 0 amide bonds. The van der Waals surface area contributed by atoms with Gasteiger partial charge in [0.1, 0.15) is 11.6 Å². The highest BCUT2D eigenvalue weighted by Crippen LogP contribution is 2.40. The molecular weight excluding hydrogens is 401 g/mol. The lowest BCUT2D eigenvalue weighted by molar-refractivity contribution is 0.438. The molecule has 23 heavy (non-hydrogen) atoms. The second kappa shape index (κ2) is 4.86. The second-order valence-corrected chi connectivity index (χ2v) is 6.59. The van der Waals surface area contributed by atoms with E-state index in [2.05, 4.69) is 50.7 Å². The van der Waals surface area contributed by atoms with Gasteiger partial charge in [0.2, 0.25) is 0 Å². The second-order valence-electron chi connectivity index (χ2n) is 5.53. The topological polar surface area (TPSA) is 43.0 Å². The fourth-order valence-electron chi connectivity index (χ4n) is 3.19. The number of furan rings is 1. The van der Waals surface area contributed by atoms with Gasteiger partial charge < -0.3 is 9.73 Å². The van der Waals surface area contributed by atoms with Gasteiger partial charge in [-0.15, -0.1) is 0 Å². The predicted octanol–water partition coefficient (Wildman–Crippen LogP) is 4.87. The SMILES string of the molecule is Ic1ccc(C2Nc3ccccc3-c3nc4ccccc4n32)o1. The maximum atomic E-state index is 5.89. The third-order valence-electron chi connectivity index (χ3n) is 4.18. The lowest BCUT2D eigenvalue weighted by atomic mass is 10.1. The predicted molar refractivity (Wildman–Crippen MR) is 98.4 cm³/mol. The van der Waals surface area contributed by atoms with Crippen LogP contribution in [0, 0.1) is 3.77 Å². The van der Waals surface area contributed by atoms with Gasteiger partial charge in [0, 0.05) is 11.3 Å². The Labute approximate surface area is 146 Å². The van der Waals surface area contributed by atoms with Crippen molar-refractivity contribution in [3.63, 3.8) is 0 Å². The van der Waals surface area contributed by atoms with Crippen LogP contribution in [0.5, 0.6) is 0 Å². The number of anilines is 1. The average molecular weight is 413 g/mol. The summed E-state index contributed by atoms with van der Waals surface area (Å²) in [5.74, 6) is 1.85. The Bertz CT molecular complexity index is 1030. The van der Waals surface area contributed by atoms with E-state index < -0.39 is 0 Å². The number of aromatic nitrogens is 2. The summed E-state index contributed by atoms with van der Waals surface area (Å²) in [4.78, 5) is 4.86. The van der Waals surface area contributed by atoms with Gasteiger partial charge >= 0.3 is 0 Å². The van der Waals surface area contributed by atoms with Crippen molar-refractivity contribution in [1.82, 2.24) is 9.55 Å². The van der Waals surface area contributed by atoms with Gasteiger partial charge in [0.25, 0.3) is 0 Å². The largest absolute Gasteiger partial charge is 0.451 e. The first kappa shape index (κ1) is 13.2. The molecule has 2 aromatic heterocycles. The quantitative estimate of drug-likeness (QED) is 0.453. The van der Waals surface area contributed by atoms with Gasteiger partial charge in [-0.25, -0.2) is 4.98 Å². The van der Waals surface area contributed by atoms with Gasteiger partial charge in [0.05, 0.1) is 11.0 Å². The Kier molecular flexibility index (Phi) is 2.78. The molecule has 4 aromatic rings. The summed E-state index contributed by atoms with van der Waals surface area (Å²) in [5.41, 5.74) is 4.28. The van der Waals surface area contributed by atoms with Gasteiger partial charge in [-0.1, -0.05) is 24.3 Å². The van der Waals surface area contributed by atoms with Crippen LogP contribution in [0.2, 0.25) is 0 Å². The Morgan fingerprint density at radius 2 is 1.83 bits per heavy atom. The van der Waals surface area contributed by atoms with E-state index in [4.69, 9.17) is 9.40 Å². The number of fused-ring (bicyclic) bond motifs is 5. The number of hydrogen-bond donors (Lipinski definition) is 1. The highest BCUT2D eigenvalue weighted by Gasteiger charge is 2.29. The van der Waals surface area contributed by atoms with Crippen molar-refractivity contribution in [2.24, 2.45) is 0 Å². The monoisotopic (exact) mass is 413 g/mol. The number of nitrogens with one attached hydrogen (secondary N) is 1. The standard InChI is InChI=1S/C18H12IN3O/c19-16-10-9-15(23-16)18-20-12-6-2-1-5-11(12)17-21-13-7-3-4-8-14(13)22(17)18/h1-10,18,20H. The number of benzene rings is 2. The molecule has 0 spiro atoms.